The van der Waals surface area contributed by atoms with Gasteiger partial charge in [0.25, 0.3) is 0 Å². The topological polar surface area (TPSA) is 62.3 Å². The van der Waals surface area contributed by atoms with Gasteiger partial charge in [0.1, 0.15) is 6.04 Å². The number of carbonyl (C=O) groups excluding carboxylic acids is 2. The van der Waals surface area contributed by atoms with Gasteiger partial charge >= 0.3 is 0 Å². The molecule has 0 bridgehead atoms. The molecule has 1 aliphatic rings. The summed E-state index contributed by atoms with van der Waals surface area (Å²) in [6, 6.07) is 6.11. The van der Waals surface area contributed by atoms with Gasteiger partial charge in [0.05, 0.1) is 16.1 Å². The Labute approximate surface area is 158 Å². The van der Waals surface area contributed by atoms with Gasteiger partial charge in [0, 0.05) is 13.1 Å². The molecule has 1 fully saturated rings. The number of thiazole rings is 1. The Bertz CT molecular complexity index is 787. The molecule has 2 aromatic rings. The molecule has 3 rings (SSSR count). The predicted molar refractivity (Wildman–Crippen MR) is 104 cm³/mol. The van der Waals surface area contributed by atoms with E-state index in [9.17, 15) is 9.59 Å². The quantitative estimate of drug-likeness (QED) is 0.760. The fraction of sp³-hybridized carbons (Fsp3) is 0.450. The fourth-order valence-electron chi connectivity index (χ4n) is 3.52. The van der Waals surface area contributed by atoms with E-state index in [-0.39, 0.29) is 11.9 Å². The Kier molecular flexibility index (Phi) is 6.04. The van der Waals surface area contributed by atoms with Gasteiger partial charge in [-0.1, -0.05) is 25.5 Å². The Morgan fingerprint density at radius 3 is 2.96 bits per heavy atom. The van der Waals surface area contributed by atoms with Crippen molar-refractivity contribution in [1.82, 2.24) is 15.2 Å². The molecule has 26 heavy (non-hydrogen) atoms. The van der Waals surface area contributed by atoms with E-state index < -0.39 is 0 Å². The molecule has 1 aromatic heterocycles. The summed E-state index contributed by atoms with van der Waals surface area (Å²) in [7, 11) is 0. The molecule has 0 saturated carbocycles. The van der Waals surface area contributed by atoms with Crippen LogP contribution in [0.2, 0.25) is 0 Å². The molecule has 1 saturated heterocycles. The van der Waals surface area contributed by atoms with E-state index in [4.69, 9.17) is 0 Å². The molecule has 0 radical (unpaired) electrons. The molecule has 6 heteroatoms. The number of nitrogens with zero attached hydrogens (tertiary/aromatic N) is 2. The van der Waals surface area contributed by atoms with Gasteiger partial charge in [0.2, 0.25) is 12.3 Å². The van der Waals surface area contributed by atoms with Crippen LogP contribution >= 0.6 is 11.3 Å². The van der Waals surface area contributed by atoms with Crippen molar-refractivity contribution < 1.29 is 9.59 Å². The first-order valence-electron chi connectivity index (χ1n) is 9.15. The second kappa shape index (κ2) is 8.45. The third-order valence-electron chi connectivity index (χ3n) is 4.92. The minimum absolute atomic E-state index is 0.0561. The number of benzene rings is 1. The van der Waals surface area contributed by atoms with Gasteiger partial charge in [-0.3, -0.25) is 9.59 Å². The Hall–Kier alpha value is -2.21. The second-order valence-corrected chi connectivity index (χ2v) is 7.57. The minimum atomic E-state index is -0.318. The van der Waals surface area contributed by atoms with Gasteiger partial charge in [0.15, 0.2) is 0 Å². The highest BCUT2D eigenvalue weighted by Crippen LogP contribution is 2.29. The third kappa shape index (κ3) is 3.96. The average molecular weight is 372 g/mol. The highest BCUT2D eigenvalue weighted by Gasteiger charge is 2.29. The molecule has 1 aromatic carbocycles. The molecule has 2 amide bonds. The van der Waals surface area contributed by atoms with Crippen molar-refractivity contribution in [3.63, 3.8) is 0 Å². The summed E-state index contributed by atoms with van der Waals surface area (Å²) >= 11 is 1.65. The third-order valence-corrected chi connectivity index (χ3v) is 5.90. The number of carbonyl (C=O) groups is 2. The van der Waals surface area contributed by atoms with Crippen molar-refractivity contribution >= 4 is 23.7 Å². The lowest BCUT2D eigenvalue weighted by Gasteiger charge is -2.20. The molecule has 1 atom stereocenters. The standard InChI is InChI=1S/C20H25N3O2S/c1-3-5-15-10-16(19-14(2)22-12-26-19)7-8-17(15)11-21-20(25)18-6-4-9-23(18)13-24/h7-8,10,12-13,18H,3-6,9,11H2,1-2H3,(H,21,25). The van der Waals surface area contributed by atoms with Crippen molar-refractivity contribution in [3.05, 3.63) is 40.5 Å². The van der Waals surface area contributed by atoms with Crippen LogP contribution in [0.1, 0.15) is 43.0 Å². The summed E-state index contributed by atoms with van der Waals surface area (Å²) in [6.45, 7) is 5.36. The molecule has 1 N–H and O–H groups in total. The van der Waals surface area contributed by atoms with Gasteiger partial charge in [-0.2, -0.15) is 0 Å². The van der Waals surface area contributed by atoms with Crippen LogP contribution in [-0.4, -0.2) is 34.8 Å². The lowest BCUT2D eigenvalue weighted by molar-refractivity contribution is -0.131. The molecule has 1 unspecified atom stereocenters. The van der Waals surface area contributed by atoms with Crippen LogP contribution in [0, 0.1) is 6.92 Å². The van der Waals surface area contributed by atoms with Gasteiger partial charge in [-0.25, -0.2) is 4.98 Å². The maximum absolute atomic E-state index is 12.4. The van der Waals surface area contributed by atoms with Crippen molar-refractivity contribution in [2.75, 3.05) is 6.54 Å². The first-order valence-corrected chi connectivity index (χ1v) is 10.0. The normalized spacial score (nSPS) is 16.7. The van der Waals surface area contributed by atoms with E-state index in [1.54, 1.807) is 16.2 Å². The van der Waals surface area contributed by atoms with Crippen molar-refractivity contribution in [2.45, 2.75) is 52.1 Å². The molecule has 0 aliphatic carbocycles. The maximum Gasteiger partial charge on any atom is 0.243 e. The molecule has 0 spiro atoms. The van der Waals surface area contributed by atoms with E-state index in [1.165, 1.54) is 16.0 Å². The van der Waals surface area contributed by atoms with Crippen LogP contribution in [0.25, 0.3) is 10.4 Å². The van der Waals surface area contributed by atoms with Crippen LogP contribution in [0.4, 0.5) is 0 Å². The summed E-state index contributed by atoms with van der Waals surface area (Å²) < 4.78 is 0. The average Bonchev–Trinajstić information content (AvgIpc) is 3.29. The Morgan fingerprint density at radius 1 is 1.42 bits per heavy atom. The summed E-state index contributed by atoms with van der Waals surface area (Å²) in [5, 5.41) is 3.02. The number of aromatic nitrogens is 1. The van der Waals surface area contributed by atoms with E-state index in [0.717, 1.165) is 43.4 Å². The van der Waals surface area contributed by atoms with Crippen LogP contribution in [0.3, 0.4) is 0 Å². The molecule has 2 heterocycles. The Balaban J connectivity index is 1.74. The van der Waals surface area contributed by atoms with E-state index in [2.05, 4.69) is 35.4 Å². The van der Waals surface area contributed by atoms with Crippen LogP contribution in [0.5, 0.6) is 0 Å². The lowest BCUT2D eigenvalue weighted by atomic mass is 9.99. The van der Waals surface area contributed by atoms with E-state index >= 15 is 0 Å². The van der Waals surface area contributed by atoms with Crippen molar-refractivity contribution in [1.29, 1.82) is 0 Å². The molecule has 138 valence electrons. The summed E-state index contributed by atoms with van der Waals surface area (Å²) in [6.07, 6.45) is 4.44. The minimum Gasteiger partial charge on any atom is -0.350 e. The van der Waals surface area contributed by atoms with E-state index in [0.29, 0.717) is 13.1 Å². The highest BCUT2D eigenvalue weighted by atomic mass is 32.1. The monoisotopic (exact) mass is 371 g/mol. The molecule has 5 nitrogen and oxygen atoms in total. The van der Waals surface area contributed by atoms with Gasteiger partial charge in [-0.05, 0) is 48.9 Å². The number of hydrogen-bond donors (Lipinski definition) is 1. The number of hydrogen-bond acceptors (Lipinski definition) is 4. The highest BCUT2D eigenvalue weighted by molar-refractivity contribution is 7.13. The number of aryl methyl sites for hydroxylation is 2. The summed E-state index contributed by atoms with van der Waals surface area (Å²) in [5.41, 5.74) is 6.51. The van der Waals surface area contributed by atoms with Crippen LogP contribution in [-0.2, 0) is 22.6 Å². The van der Waals surface area contributed by atoms with Gasteiger partial charge < -0.3 is 10.2 Å². The summed E-state index contributed by atoms with van der Waals surface area (Å²) in [5.74, 6) is -0.0561. The molecule has 1 aliphatic heterocycles. The smallest absolute Gasteiger partial charge is 0.243 e. The number of rotatable bonds is 7. The van der Waals surface area contributed by atoms with Gasteiger partial charge in [-0.15, -0.1) is 11.3 Å². The fourth-order valence-corrected chi connectivity index (χ4v) is 4.32. The zero-order valence-electron chi connectivity index (χ0n) is 15.3. The first kappa shape index (κ1) is 18.6. The number of amides is 2. The van der Waals surface area contributed by atoms with Crippen molar-refractivity contribution in [3.8, 4) is 10.4 Å². The maximum atomic E-state index is 12.4. The first-order chi connectivity index (χ1) is 12.6. The molecular formula is C20H25N3O2S. The SMILES string of the molecule is CCCc1cc(-c2scnc2C)ccc1CNC(=O)C1CCCN1C=O. The largest absolute Gasteiger partial charge is 0.350 e. The van der Waals surface area contributed by atoms with Crippen LogP contribution < -0.4 is 5.32 Å². The van der Waals surface area contributed by atoms with Crippen LogP contribution in [0.15, 0.2) is 23.7 Å². The van der Waals surface area contributed by atoms with E-state index in [1.807, 2.05) is 12.4 Å². The lowest BCUT2D eigenvalue weighted by Crippen LogP contribution is -2.42. The summed E-state index contributed by atoms with van der Waals surface area (Å²) in [4.78, 5) is 30.6. The number of nitrogens with one attached hydrogen (secondary N) is 1. The number of likely N-dealkylation sites (tertiary alicyclic amines) is 1. The molecular weight excluding hydrogens is 346 g/mol. The predicted octanol–water partition coefficient (Wildman–Crippen LogP) is 3.31. The second-order valence-electron chi connectivity index (χ2n) is 6.72. The zero-order valence-corrected chi connectivity index (χ0v) is 16.1. The van der Waals surface area contributed by atoms with Crippen molar-refractivity contribution in [2.24, 2.45) is 0 Å². The zero-order chi connectivity index (χ0) is 18.5. The Morgan fingerprint density at radius 2 is 2.27 bits per heavy atom.